The number of alkyl halides is 3. The van der Waals surface area contributed by atoms with Crippen LogP contribution in [-0.2, 0) is 28.2 Å². The van der Waals surface area contributed by atoms with Crippen LogP contribution in [0.25, 0.3) is 0 Å². The zero-order valence-corrected chi connectivity index (χ0v) is 17.0. The van der Waals surface area contributed by atoms with Crippen molar-refractivity contribution in [3.63, 3.8) is 0 Å². The van der Waals surface area contributed by atoms with Gasteiger partial charge in [0.15, 0.2) is 15.6 Å². The van der Waals surface area contributed by atoms with Crippen molar-refractivity contribution in [1.82, 2.24) is 0 Å². The first-order chi connectivity index (χ1) is 12.8. The van der Waals surface area contributed by atoms with Gasteiger partial charge in [0.1, 0.15) is 0 Å². The van der Waals surface area contributed by atoms with Gasteiger partial charge in [0.2, 0.25) is 0 Å². The Kier molecular flexibility index (Phi) is 6.38. The van der Waals surface area contributed by atoms with Crippen molar-refractivity contribution in [3.05, 3.63) is 69.8 Å². The summed E-state index contributed by atoms with van der Waals surface area (Å²) in [5.74, 6) is -0.336. The second kappa shape index (κ2) is 8.07. The van der Waals surface area contributed by atoms with E-state index in [0.717, 1.165) is 6.07 Å². The van der Waals surface area contributed by atoms with Crippen LogP contribution in [0.3, 0.4) is 0 Å². The van der Waals surface area contributed by atoms with E-state index >= 15 is 0 Å². The first-order valence-electron chi connectivity index (χ1n) is 8.83. The van der Waals surface area contributed by atoms with Gasteiger partial charge in [-0.3, -0.25) is 4.79 Å². The van der Waals surface area contributed by atoms with Crippen molar-refractivity contribution in [2.24, 2.45) is 0 Å². The fraction of sp³-hybridized carbons (Fsp3) is 0.381. The molecule has 0 bridgehead atoms. The molecular weight excluding hydrogens is 389 g/mol. The Balaban J connectivity index is 2.19. The number of carbonyl (C=O) groups excluding carboxylic acids is 1. The SMILES string of the molecule is Cc1c(CC(=O)c2ccc(CS(=O)(=O)C(C)C)cc2)ccc(C(F)(F)F)c1C. The summed E-state index contributed by atoms with van der Waals surface area (Å²) in [7, 11) is -3.24. The average molecular weight is 412 g/mol. The molecule has 0 atom stereocenters. The summed E-state index contributed by atoms with van der Waals surface area (Å²) in [5.41, 5.74) is 1.39. The van der Waals surface area contributed by atoms with E-state index in [1.165, 1.54) is 13.0 Å². The van der Waals surface area contributed by atoms with Crippen molar-refractivity contribution in [2.45, 2.75) is 51.3 Å². The minimum Gasteiger partial charge on any atom is -0.294 e. The summed E-state index contributed by atoms with van der Waals surface area (Å²) in [6.45, 7) is 6.20. The van der Waals surface area contributed by atoms with Crippen LogP contribution in [0.5, 0.6) is 0 Å². The van der Waals surface area contributed by atoms with E-state index in [1.54, 1.807) is 45.0 Å². The molecule has 0 saturated carbocycles. The smallest absolute Gasteiger partial charge is 0.294 e. The molecule has 2 aromatic carbocycles. The van der Waals surface area contributed by atoms with Gasteiger partial charge >= 0.3 is 6.18 Å². The second-order valence-corrected chi connectivity index (χ2v) is 9.73. The predicted molar refractivity (Wildman–Crippen MR) is 103 cm³/mol. The minimum absolute atomic E-state index is 0.0194. The third-order valence-electron chi connectivity index (χ3n) is 4.92. The Morgan fingerprint density at radius 3 is 2.04 bits per heavy atom. The molecular formula is C21H23F3O3S. The Labute approximate surface area is 163 Å². The molecule has 152 valence electrons. The van der Waals surface area contributed by atoms with Gasteiger partial charge in [-0.1, -0.05) is 30.3 Å². The monoisotopic (exact) mass is 412 g/mol. The fourth-order valence-corrected chi connectivity index (χ4v) is 3.83. The van der Waals surface area contributed by atoms with Crippen LogP contribution in [0.2, 0.25) is 0 Å². The molecule has 0 unspecified atom stereocenters. The number of benzene rings is 2. The summed E-state index contributed by atoms with van der Waals surface area (Å²) in [5, 5.41) is -0.486. The zero-order valence-electron chi connectivity index (χ0n) is 16.2. The molecule has 0 amide bonds. The van der Waals surface area contributed by atoms with Gasteiger partial charge in [-0.15, -0.1) is 0 Å². The molecule has 0 aliphatic carbocycles. The van der Waals surface area contributed by atoms with Gasteiger partial charge < -0.3 is 0 Å². The predicted octanol–water partition coefficient (Wildman–Crippen LogP) is 5.07. The van der Waals surface area contributed by atoms with E-state index in [0.29, 0.717) is 22.3 Å². The fourth-order valence-electron chi connectivity index (χ4n) is 2.84. The van der Waals surface area contributed by atoms with Gasteiger partial charge in [-0.25, -0.2) is 8.42 Å². The van der Waals surface area contributed by atoms with Crippen LogP contribution in [-0.4, -0.2) is 19.5 Å². The van der Waals surface area contributed by atoms with Crippen molar-refractivity contribution in [1.29, 1.82) is 0 Å². The lowest BCUT2D eigenvalue weighted by Gasteiger charge is -2.15. The number of halogens is 3. The summed E-state index contributed by atoms with van der Waals surface area (Å²) in [6.07, 6.45) is -4.45. The quantitative estimate of drug-likeness (QED) is 0.623. The summed E-state index contributed by atoms with van der Waals surface area (Å²) < 4.78 is 62.9. The number of ketones is 1. The topological polar surface area (TPSA) is 51.2 Å². The molecule has 28 heavy (non-hydrogen) atoms. The molecule has 0 aliphatic heterocycles. The molecule has 0 heterocycles. The third-order valence-corrected chi connectivity index (χ3v) is 7.09. The number of rotatable bonds is 6. The molecule has 0 radical (unpaired) electrons. The van der Waals surface area contributed by atoms with Crippen molar-refractivity contribution < 1.29 is 26.4 Å². The molecule has 0 saturated heterocycles. The largest absolute Gasteiger partial charge is 0.416 e. The highest BCUT2D eigenvalue weighted by Gasteiger charge is 2.33. The lowest BCUT2D eigenvalue weighted by Crippen LogP contribution is -2.16. The van der Waals surface area contributed by atoms with Crippen LogP contribution in [0.15, 0.2) is 36.4 Å². The van der Waals surface area contributed by atoms with Crippen molar-refractivity contribution >= 4 is 15.6 Å². The Hall–Kier alpha value is -2.15. The average Bonchev–Trinajstić information content (AvgIpc) is 2.58. The van der Waals surface area contributed by atoms with Gasteiger partial charge in [0, 0.05) is 12.0 Å². The summed E-state index contributed by atoms with van der Waals surface area (Å²) in [4.78, 5) is 12.5. The van der Waals surface area contributed by atoms with Crippen LogP contribution in [0.1, 0.15) is 52.0 Å². The highest BCUT2D eigenvalue weighted by atomic mass is 32.2. The molecule has 0 fully saturated rings. The van der Waals surface area contributed by atoms with E-state index in [4.69, 9.17) is 0 Å². The number of hydrogen-bond donors (Lipinski definition) is 0. The maximum atomic E-state index is 13.0. The molecule has 2 rings (SSSR count). The minimum atomic E-state index is -4.43. The summed E-state index contributed by atoms with van der Waals surface area (Å²) >= 11 is 0. The Bertz CT molecular complexity index is 973. The molecule has 3 nitrogen and oxygen atoms in total. The van der Waals surface area contributed by atoms with E-state index in [1.807, 2.05) is 0 Å². The Morgan fingerprint density at radius 1 is 0.964 bits per heavy atom. The maximum Gasteiger partial charge on any atom is 0.416 e. The number of hydrogen-bond acceptors (Lipinski definition) is 3. The molecule has 0 spiro atoms. The van der Waals surface area contributed by atoms with E-state index < -0.39 is 26.8 Å². The third kappa shape index (κ3) is 5.01. The van der Waals surface area contributed by atoms with Crippen LogP contribution >= 0.6 is 0 Å². The van der Waals surface area contributed by atoms with Gasteiger partial charge in [0.25, 0.3) is 0 Å². The number of Topliss-reactive ketones (excluding diaryl/α,β-unsaturated/α-hetero) is 1. The first-order valence-corrected chi connectivity index (χ1v) is 10.5. The zero-order chi connectivity index (χ0) is 21.3. The molecule has 0 N–H and O–H groups in total. The van der Waals surface area contributed by atoms with Crippen molar-refractivity contribution in [3.8, 4) is 0 Å². The Morgan fingerprint density at radius 2 is 1.54 bits per heavy atom. The van der Waals surface area contributed by atoms with Crippen molar-refractivity contribution in [2.75, 3.05) is 0 Å². The van der Waals surface area contributed by atoms with Gasteiger partial charge in [-0.05, 0) is 56.0 Å². The van der Waals surface area contributed by atoms with E-state index in [-0.39, 0.29) is 23.5 Å². The summed E-state index contributed by atoms with van der Waals surface area (Å²) in [6, 6.07) is 8.65. The number of sulfone groups is 1. The lowest BCUT2D eigenvalue weighted by molar-refractivity contribution is -0.138. The molecule has 7 heteroatoms. The van der Waals surface area contributed by atoms with Crippen LogP contribution in [0, 0.1) is 13.8 Å². The molecule has 0 aromatic heterocycles. The highest BCUT2D eigenvalue weighted by molar-refractivity contribution is 7.91. The molecule has 2 aromatic rings. The standard InChI is InChI=1S/C21H23F3O3S/c1-13(2)28(26,27)12-16-5-7-17(8-6-16)20(25)11-18-9-10-19(21(22,23)24)15(4)14(18)3/h5-10,13H,11-12H2,1-4H3. The highest BCUT2D eigenvalue weighted by Crippen LogP contribution is 2.34. The van der Waals surface area contributed by atoms with E-state index in [2.05, 4.69) is 0 Å². The van der Waals surface area contributed by atoms with Gasteiger partial charge in [0.05, 0.1) is 16.6 Å². The molecule has 0 aliphatic rings. The first kappa shape index (κ1) is 22.1. The lowest BCUT2D eigenvalue weighted by atomic mass is 9.93. The normalized spacial score (nSPS) is 12.4. The van der Waals surface area contributed by atoms with Crippen LogP contribution in [0.4, 0.5) is 13.2 Å². The maximum absolute atomic E-state index is 13.0. The number of carbonyl (C=O) groups is 1. The van der Waals surface area contributed by atoms with E-state index in [9.17, 15) is 26.4 Å². The van der Waals surface area contributed by atoms with Crippen LogP contribution < -0.4 is 0 Å². The second-order valence-electron chi connectivity index (χ2n) is 7.17. The van der Waals surface area contributed by atoms with Gasteiger partial charge in [-0.2, -0.15) is 13.2 Å².